The molecule has 0 bridgehead atoms. The topological polar surface area (TPSA) is 70.2 Å². The van der Waals surface area contributed by atoms with E-state index in [9.17, 15) is 9.59 Å². The predicted molar refractivity (Wildman–Crippen MR) is 94.4 cm³/mol. The lowest BCUT2D eigenvalue weighted by molar-refractivity contribution is -0.152. The van der Waals surface area contributed by atoms with Gasteiger partial charge in [-0.1, -0.05) is 26.2 Å². The molecule has 0 aliphatic heterocycles. The fourth-order valence-electron chi connectivity index (χ4n) is 4.03. The summed E-state index contributed by atoms with van der Waals surface area (Å²) < 4.78 is 0. The molecule has 1 fully saturated rings. The van der Waals surface area contributed by atoms with Gasteiger partial charge in [0.2, 0.25) is 0 Å². The zero-order chi connectivity index (χ0) is 17.7. The Hall–Kier alpha value is -0.780. The second-order valence-corrected chi connectivity index (χ2v) is 6.99. The third-order valence-corrected chi connectivity index (χ3v) is 5.99. The normalized spacial score (nSPS) is 20.8. The van der Waals surface area contributed by atoms with Crippen LogP contribution in [0.5, 0.6) is 0 Å². The summed E-state index contributed by atoms with van der Waals surface area (Å²) in [4.78, 5) is 26.9. The summed E-state index contributed by atoms with van der Waals surface area (Å²) in [6, 6.07) is -0.321. The van der Waals surface area contributed by atoms with E-state index < -0.39 is 11.1 Å². The van der Waals surface area contributed by atoms with Crippen molar-refractivity contribution in [1.82, 2.24) is 16.0 Å². The second kappa shape index (κ2) is 8.36. The molecule has 1 rings (SSSR count). The number of carbonyl (C=O) groups is 2. The van der Waals surface area contributed by atoms with Crippen molar-refractivity contribution in [3.8, 4) is 0 Å². The first-order valence-corrected chi connectivity index (χ1v) is 8.98. The standard InChI is InChI=1S/C18H35N3O2/c1-7-18(15(22)13(2)19-4,14-11-9-8-10-12-14)16(23)17(3,20-5)21-6/h13-14,19-21H,7-12H2,1-6H3. The first-order chi connectivity index (χ1) is 10.8. The molecule has 5 nitrogen and oxygen atoms in total. The minimum Gasteiger partial charge on any atom is -0.311 e. The maximum Gasteiger partial charge on any atom is 0.180 e. The summed E-state index contributed by atoms with van der Waals surface area (Å²) in [6.07, 6.45) is 5.90. The van der Waals surface area contributed by atoms with E-state index in [1.54, 1.807) is 21.1 Å². The molecule has 3 N–H and O–H groups in total. The van der Waals surface area contributed by atoms with Gasteiger partial charge in [0.25, 0.3) is 0 Å². The maximum atomic E-state index is 13.6. The summed E-state index contributed by atoms with van der Waals surface area (Å²) in [5.74, 6) is 0.158. The molecular formula is C18H35N3O2. The molecule has 5 heteroatoms. The van der Waals surface area contributed by atoms with E-state index in [-0.39, 0.29) is 23.5 Å². The van der Waals surface area contributed by atoms with Crippen LogP contribution in [0.1, 0.15) is 59.3 Å². The Bertz CT molecular complexity index is 414. The van der Waals surface area contributed by atoms with Gasteiger partial charge in [0, 0.05) is 0 Å². The Balaban J connectivity index is 3.38. The zero-order valence-electron chi connectivity index (χ0n) is 15.7. The fraction of sp³-hybridized carbons (Fsp3) is 0.889. The van der Waals surface area contributed by atoms with E-state index in [1.165, 1.54) is 6.42 Å². The molecule has 0 aromatic carbocycles. The molecule has 0 aromatic heterocycles. The minimum absolute atomic E-state index is 0.0171. The zero-order valence-corrected chi connectivity index (χ0v) is 15.7. The molecule has 23 heavy (non-hydrogen) atoms. The van der Waals surface area contributed by atoms with Gasteiger partial charge >= 0.3 is 0 Å². The number of carbonyl (C=O) groups excluding carboxylic acids is 2. The van der Waals surface area contributed by atoms with E-state index in [0.29, 0.717) is 6.42 Å². The van der Waals surface area contributed by atoms with Crippen LogP contribution in [0.3, 0.4) is 0 Å². The van der Waals surface area contributed by atoms with Crippen molar-refractivity contribution < 1.29 is 9.59 Å². The van der Waals surface area contributed by atoms with Crippen LogP contribution < -0.4 is 16.0 Å². The van der Waals surface area contributed by atoms with Gasteiger partial charge in [-0.25, -0.2) is 0 Å². The van der Waals surface area contributed by atoms with Gasteiger partial charge in [-0.15, -0.1) is 0 Å². The largest absolute Gasteiger partial charge is 0.311 e. The SMILES string of the molecule is CCC(C(=O)C(C)NC)(C(=O)C(C)(NC)NC)C1CCCCC1. The number of hydrogen-bond acceptors (Lipinski definition) is 5. The molecule has 0 saturated heterocycles. The third-order valence-electron chi connectivity index (χ3n) is 5.99. The lowest BCUT2D eigenvalue weighted by Gasteiger charge is -2.45. The summed E-state index contributed by atoms with van der Waals surface area (Å²) in [7, 11) is 5.31. The van der Waals surface area contributed by atoms with Gasteiger partial charge in [0.1, 0.15) is 5.66 Å². The molecule has 2 atom stereocenters. The summed E-state index contributed by atoms with van der Waals surface area (Å²) in [5, 5.41) is 9.21. The highest BCUT2D eigenvalue weighted by Crippen LogP contribution is 2.45. The van der Waals surface area contributed by atoms with E-state index in [0.717, 1.165) is 25.7 Å². The van der Waals surface area contributed by atoms with Crippen LogP contribution in [0.25, 0.3) is 0 Å². The summed E-state index contributed by atoms with van der Waals surface area (Å²) in [6.45, 7) is 5.68. The van der Waals surface area contributed by atoms with Crippen LogP contribution in [0, 0.1) is 11.3 Å². The molecule has 2 unspecified atom stereocenters. The van der Waals surface area contributed by atoms with Gasteiger partial charge in [0.15, 0.2) is 11.6 Å². The highest BCUT2D eigenvalue weighted by Gasteiger charge is 2.55. The Labute approximate surface area is 141 Å². The molecule has 0 amide bonds. The highest BCUT2D eigenvalue weighted by atomic mass is 16.2. The molecule has 0 spiro atoms. The van der Waals surface area contributed by atoms with Gasteiger partial charge < -0.3 is 5.32 Å². The Morgan fingerprint density at radius 3 is 2.00 bits per heavy atom. The maximum absolute atomic E-state index is 13.6. The van der Waals surface area contributed by atoms with Crippen LogP contribution in [-0.4, -0.2) is 44.4 Å². The molecule has 0 heterocycles. The van der Waals surface area contributed by atoms with Gasteiger partial charge in [-0.2, -0.15) is 0 Å². The van der Waals surface area contributed by atoms with Crippen molar-refractivity contribution in [2.24, 2.45) is 11.3 Å². The van der Waals surface area contributed by atoms with Crippen molar-refractivity contribution in [2.45, 2.75) is 71.0 Å². The number of rotatable bonds is 9. The number of ketones is 2. The first-order valence-electron chi connectivity index (χ1n) is 8.98. The monoisotopic (exact) mass is 325 g/mol. The van der Waals surface area contributed by atoms with Crippen LogP contribution in [-0.2, 0) is 9.59 Å². The molecular weight excluding hydrogens is 290 g/mol. The number of Topliss-reactive ketones (excluding diaryl/α,β-unsaturated/α-hetero) is 2. The van der Waals surface area contributed by atoms with E-state index in [2.05, 4.69) is 16.0 Å². The second-order valence-electron chi connectivity index (χ2n) is 6.99. The van der Waals surface area contributed by atoms with E-state index in [4.69, 9.17) is 0 Å². The van der Waals surface area contributed by atoms with Gasteiger partial charge in [-0.05, 0) is 60.2 Å². The molecule has 0 aromatic rings. The fourth-order valence-corrected chi connectivity index (χ4v) is 4.03. The van der Waals surface area contributed by atoms with Crippen molar-refractivity contribution in [1.29, 1.82) is 0 Å². The average molecular weight is 325 g/mol. The predicted octanol–water partition coefficient (Wildman–Crippen LogP) is 1.86. The van der Waals surface area contributed by atoms with Crippen molar-refractivity contribution >= 4 is 11.6 Å². The van der Waals surface area contributed by atoms with Crippen LogP contribution >= 0.6 is 0 Å². The van der Waals surface area contributed by atoms with Crippen LogP contribution in [0.15, 0.2) is 0 Å². The number of likely N-dealkylation sites (N-methyl/N-ethyl adjacent to an activating group) is 3. The third kappa shape index (κ3) is 3.67. The Morgan fingerprint density at radius 1 is 1.09 bits per heavy atom. The first kappa shape index (κ1) is 20.3. The quantitative estimate of drug-likeness (QED) is 0.446. The molecule has 0 radical (unpaired) electrons. The van der Waals surface area contributed by atoms with E-state index in [1.807, 2.05) is 20.8 Å². The number of nitrogens with one attached hydrogen (secondary N) is 3. The molecule has 1 saturated carbocycles. The number of hydrogen-bond donors (Lipinski definition) is 3. The van der Waals surface area contributed by atoms with Crippen molar-refractivity contribution in [3.63, 3.8) is 0 Å². The Kier molecular flexibility index (Phi) is 7.36. The molecule has 1 aliphatic rings. The van der Waals surface area contributed by atoms with Crippen molar-refractivity contribution in [3.05, 3.63) is 0 Å². The highest BCUT2D eigenvalue weighted by molar-refractivity contribution is 6.12. The Morgan fingerprint density at radius 2 is 1.61 bits per heavy atom. The van der Waals surface area contributed by atoms with Crippen molar-refractivity contribution in [2.75, 3.05) is 21.1 Å². The summed E-state index contributed by atoms with van der Waals surface area (Å²) in [5.41, 5.74) is -1.82. The minimum atomic E-state index is -0.927. The summed E-state index contributed by atoms with van der Waals surface area (Å²) >= 11 is 0. The molecule has 134 valence electrons. The van der Waals surface area contributed by atoms with Gasteiger partial charge in [0.05, 0.1) is 11.5 Å². The van der Waals surface area contributed by atoms with Gasteiger partial charge in [-0.3, -0.25) is 20.2 Å². The van der Waals surface area contributed by atoms with E-state index >= 15 is 0 Å². The van der Waals surface area contributed by atoms with Crippen LogP contribution in [0.2, 0.25) is 0 Å². The lowest BCUT2D eigenvalue weighted by Crippen LogP contribution is -2.66. The molecule has 1 aliphatic carbocycles. The van der Waals surface area contributed by atoms with Crippen LogP contribution in [0.4, 0.5) is 0 Å². The lowest BCUT2D eigenvalue weighted by atomic mass is 9.59. The smallest absolute Gasteiger partial charge is 0.180 e. The average Bonchev–Trinajstić information content (AvgIpc) is 2.61.